The van der Waals surface area contributed by atoms with Gasteiger partial charge in [0.05, 0.1) is 27.7 Å². The van der Waals surface area contributed by atoms with Crippen LogP contribution < -0.4 is 10.6 Å². The summed E-state index contributed by atoms with van der Waals surface area (Å²) in [7, 11) is 1.71. The number of aryl methyl sites for hydroxylation is 1. The number of nitrogens with one attached hydrogen (secondary N) is 2. The van der Waals surface area contributed by atoms with Crippen molar-refractivity contribution in [2.45, 2.75) is 76.5 Å². The minimum Gasteiger partial charge on any atom is -0.378 e. The molecule has 0 radical (unpaired) electrons. The van der Waals surface area contributed by atoms with Gasteiger partial charge in [-0.3, -0.25) is 14.2 Å². The van der Waals surface area contributed by atoms with E-state index in [2.05, 4.69) is 32.7 Å². The maximum Gasteiger partial charge on any atom is 0.293 e. The summed E-state index contributed by atoms with van der Waals surface area (Å²) in [6.07, 6.45) is -2.94. The summed E-state index contributed by atoms with van der Waals surface area (Å²) in [5, 5.41) is 25.7. The van der Waals surface area contributed by atoms with Crippen molar-refractivity contribution in [1.82, 2.24) is 29.9 Å². The van der Waals surface area contributed by atoms with E-state index in [0.29, 0.717) is 56.6 Å². The van der Waals surface area contributed by atoms with Crippen LogP contribution >= 0.6 is 11.6 Å². The molecule has 55 heavy (non-hydrogen) atoms. The monoisotopic (exact) mass is 783 g/mol. The smallest absolute Gasteiger partial charge is 0.293 e. The highest BCUT2D eigenvalue weighted by Crippen LogP contribution is 2.63. The van der Waals surface area contributed by atoms with Gasteiger partial charge in [0.2, 0.25) is 5.91 Å². The maximum atomic E-state index is 15.6. The Morgan fingerprint density at radius 1 is 1.07 bits per heavy atom. The Labute approximate surface area is 317 Å². The second kappa shape index (κ2) is 14.2. The lowest BCUT2D eigenvalue weighted by atomic mass is 9.73. The van der Waals surface area contributed by atoms with E-state index in [1.807, 2.05) is 6.92 Å². The number of carbonyl (C=O) groups is 1. The van der Waals surface area contributed by atoms with Crippen LogP contribution in [0.2, 0.25) is 5.02 Å². The molecule has 2 aliphatic carbocycles. The van der Waals surface area contributed by atoms with Crippen molar-refractivity contribution in [2.24, 2.45) is 13.0 Å². The maximum absolute atomic E-state index is 15.6. The number of carbonyl (C=O) groups excluding carboxylic acids is 1. The largest absolute Gasteiger partial charge is 0.378 e. The van der Waals surface area contributed by atoms with E-state index >= 15 is 8.78 Å². The number of amides is 1. The number of hydrogen-bond donors (Lipinski definition) is 3. The van der Waals surface area contributed by atoms with Crippen molar-refractivity contribution < 1.29 is 36.2 Å². The lowest BCUT2D eigenvalue weighted by molar-refractivity contribution is -0.123. The van der Waals surface area contributed by atoms with E-state index in [-0.39, 0.29) is 35.4 Å². The number of anilines is 1. The molecule has 9 nitrogen and oxygen atoms in total. The van der Waals surface area contributed by atoms with Crippen molar-refractivity contribution in [2.75, 3.05) is 11.9 Å². The third-order valence-corrected chi connectivity index (χ3v) is 10.3. The Hall–Kier alpha value is -5.07. The molecule has 2 aromatic carbocycles. The number of hydrogen-bond acceptors (Lipinski definition) is 6. The third-order valence-electron chi connectivity index (χ3n) is 9.96. The van der Waals surface area contributed by atoms with Gasteiger partial charge in [-0.15, -0.1) is 0 Å². The Balaban J connectivity index is 1.38. The van der Waals surface area contributed by atoms with Crippen molar-refractivity contribution in [1.29, 1.82) is 0 Å². The molecule has 0 bridgehead atoms. The van der Waals surface area contributed by atoms with Gasteiger partial charge in [0, 0.05) is 42.3 Å². The number of alkyl halides is 4. The number of pyridine rings is 1. The molecule has 1 saturated carbocycles. The molecular weight excluding hydrogens is 748 g/mol. The molecule has 3 atom stereocenters. The molecule has 5 aromatic rings. The van der Waals surface area contributed by atoms with Crippen LogP contribution in [0, 0.1) is 29.4 Å². The van der Waals surface area contributed by atoms with Gasteiger partial charge in [0.25, 0.3) is 12.3 Å². The van der Waals surface area contributed by atoms with Crippen LogP contribution in [0.4, 0.5) is 32.2 Å². The highest BCUT2D eigenvalue weighted by Gasteiger charge is 2.62. The van der Waals surface area contributed by atoms with Crippen LogP contribution in [0.3, 0.4) is 0 Å². The minimum absolute atomic E-state index is 0.114. The Morgan fingerprint density at radius 2 is 1.78 bits per heavy atom. The Bertz CT molecular complexity index is 2370. The molecule has 0 saturated heterocycles. The summed E-state index contributed by atoms with van der Waals surface area (Å²) in [6, 6.07) is 8.29. The predicted molar refractivity (Wildman–Crippen MR) is 194 cm³/mol. The molecule has 7 rings (SSSR count). The number of aliphatic hydroxyl groups is 1. The fourth-order valence-corrected chi connectivity index (χ4v) is 7.88. The molecule has 3 N–H and O–H groups in total. The molecule has 288 valence electrons. The van der Waals surface area contributed by atoms with E-state index in [4.69, 9.17) is 16.6 Å². The average molecular weight is 784 g/mol. The van der Waals surface area contributed by atoms with Gasteiger partial charge < -0.3 is 15.7 Å². The van der Waals surface area contributed by atoms with Crippen molar-refractivity contribution in [3.8, 4) is 23.0 Å². The summed E-state index contributed by atoms with van der Waals surface area (Å²) in [6.45, 7) is 4.54. The first kappa shape index (κ1) is 38.2. The van der Waals surface area contributed by atoms with Crippen molar-refractivity contribution in [3.63, 3.8) is 0 Å². The van der Waals surface area contributed by atoms with Crippen LogP contribution in [0.1, 0.15) is 85.9 Å². The molecule has 3 heterocycles. The van der Waals surface area contributed by atoms with Gasteiger partial charge in [-0.2, -0.15) is 19.0 Å². The first-order valence-electron chi connectivity index (χ1n) is 17.6. The molecule has 3 aromatic heterocycles. The van der Waals surface area contributed by atoms with Crippen LogP contribution in [0.15, 0.2) is 42.5 Å². The average Bonchev–Trinajstić information content (AvgIpc) is 3.65. The van der Waals surface area contributed by atoms with Crippen LogP contribution in [0.5, 0.6) is 0 Å². The van der Waals surface area contributed by atoms with Crippen molar-refractivity contribution >= 4 is 34.2 Å². The number of nitrogens with zero attached hydrogens (tertiary/aromatic N) is 5. The summed E-state index contributed by atoms with van der Waals surface area (Å²) in [5.41, 5.74) is -1.12. The fraction of sp³-hybridized carbons (Fsp3) is 0.385. The first-order valence-corrected chi connectivity index (χ1v) is 18.0. The predicted octanol–water partition coefficient (Wildman–Crippen LogP) is 7.95. The standard InChI is InChI=1S/C39H36ClF6N7O2/c1-5-47-37-31-27(40)11-9-24(34(31)52(4)51-37)23-7-6-22(12-13-38(2,3)55)48-32(23)28(16-19-14-20(41)17-21(42)15-19)49-29(54)18-53-35-30(33(50-53)36(43)44)25-8-10-26(25)39(35,45)46/h6-7,9,11,14-15,17,25-26,28,36,55H,5,8,10,16,18H2,1-4H3,(H,47,51)(H,49,54)/t25-,26+,28-/m0/s1. The molecule has 0 unspecified atom stereocenters. The second-order valence-corrected chi connectivity index (χ2v) is 14.8. The number of rotatable bonds is 10. The summed E-state index contributed by atoms with van der Waals surface area (Å²) < 4.78 is 90.9. The summed E-state index contributed by atoms with van der Waals surface area (Å²) >= 11 is 6.68. The van der Waals surface area contributed by atoms with Gasteiger partial charge in [-0.1, -0.05) is 23.6 Å². The molecular formula is C39H36ClF6N7O2. The Kier molecular flexibility index (Phi) is 9.88. The highest BCUT2D eigenvalue weighted by molar-refractivity contribution is 6.37. The van der Waals surface area contributed by atoms with Crippen LogP contribution in [0.25, 0.3) is 22.0 Å². The minimum atomic E-state index is -3.48. The topological polar surface area (TPSA) is 110 Å². The molecule has 16 heteroatoms. The second-order valence-electron chi connectivity index (χ2n) is 14.4. The van der Waals surface area contributed by atoms with Crippen LogP contribution in [-0.4, -0.2) is 47.7 Å². The normalized spacial score (nSPS) is 17.7. The number of fused-ring (bicyclic) bond motifs is 4. The molecule has 1 amide bonds. The molecule has 2 aliphatic rings. The molecule has 0 aliphatic heterocycles. The molecule has 1 fully saturated rings. The van der Waals surface area contributed by atoms with E-state index < -0.39 is 71.3 Å². The summed E-state index contributed by atoms with van der Waals surface area (Å²) in [4.78, 5) is 18.8. The Morgan fingerprint density at radius 3 is 2.42 bits per heavy atom. The van der Waals surface area contributed by atoms with E-state index in [1.54, 1.807) is 36.0 Å². The fourth-order valence-electron chi connectivity index (χ4n) is 7.64. The van der Waals surface area contributed by atoms with E-state index in [0.717, 1.165) is 12.1 Å². The number of benzene rings is 2. The van der Waals surface area contributed by atoms with Crippen molar-refractivity contribution in [3.05, 3.63) is 93.0 Å². The van der Waals surface area contributed by atoms with Crippen LogP contribution in [-0.2, 0) is 30.7 Å². The van der Waals surface area contributed by atoms with E-state index in [9.17, 15) is 27.5 Å². The van der Waals surface area contributed by atoms with Gasteiger partial charge in [-0.25, -0.2) is 22.5 Å². The number of halogens is 7. The van der Waals surface area contributed by atoms with E-state index in [1.165, 1.54) is 13.8 Å². The zero-order chi connectivity index (χ0) is 39.6. The van der Waals surface area contributed by atoms with Gasteiger partial charge in [0.1, 0.15) is 40.9 Å². The van der Waals surface area contributed by atoms with Gasteiger partial charge in [0.15, 0.2) is 5.82 Å². The van der Waals surface area contributed by atoms with Gasteiger partial charge in [-0.05, 0) is 87.8 Å². The first-order chi connectivity index (χ1) is 26.0. The lowest BCUT2D eigenvalue weighted by Crippen LogP contribution is -2.36. The van der Waals surface area contributed by atoms with Gasteiger partial charge >= 0.3 is 0 Å². The summed E-state index contributed by atoms with van der Waals surface area (Å²) in [5.74, 6) is -2.06. The zero-order valence-corrected chi connectivity index (χ0v) is 30.9. The lowest BCUT2D eigenvalue weighted by Gasteiger charge is -2.34. The third kappa shape index (κ3) is 7.13. The quantitative estimate of drug-likeness (QED) is 0.0981. The SMILES string of the molecule is CCNc1nn(C)c2c(-c3ccc(C#CC(C)(C)O)nc3[C@H](Cc3cc(F)cc(F)c3)NC(=O)Cn3nc(C(F)F)c4c3C(F)(F)[C@@H]3CC[C@H]43)ccc(Cl)c12. The number of aromatic nitrogens is 5. The molecule has 0 spiro atoms. The highest BCUT2D eigenvalue weighted by atomic mass is 35.5. The zero-order valence-electron chi connectivity index (χ0n) is 30.1.